The molecule has 2 atom stereocenters. The standard InChI is InChI=1S/C23H38N4O7S/c1-23(18-33-20(28)21(29)34-23)27(14-16-35(31)17-19-9-6-15-32-19)22(30)26(12-7-10-24(2)3)13-8-11-25(4)5/h6,9,15H,7-8,10-14,16-18H2,1-5H3. The number of amides is 2. The first kappa shape index (κ1) is 28.8. The molecule has 0 aromatic carbocycles. The minimum atomic E-state index is -1.50. The summed E-state index contributed by atoms with van der Waals surface area (Å²) in [6.45, 7) is 3.88. The minimum absolute atomic E-state index is 0.0470. The largest absolute Gasteiger partial charge is 0.468 e. The number of carbonyl (C=O) groups is 3. The zero-order valence-corrected chi connectivity index (χ0v) is 22.2. The predicted octanol–water partition coefficient (Wildman–Crippen LogP) is 0.972. The SMILES string of the molecule is CN(C)CCCN(CCCN(C)C)C(=O)N(CCS(=O)Cc1ccco1)C1(C)COC(=O)C(=O)O1. The molecule has 0 radical (unpaired) electrons. The predicted molar refractivity (Wildman–Crippen MR) is 131 cm³/mol. The highest BCUT2D eigenvalue weighted by molar-refractivity contribution is 7.84. The van der Waals surface area contributed by atoms with E-state index in [0.29, 0.717) is 18.8 Å². The second kappa shape index (κ2) is 13.6. The lowest BCUT2D eigenvalue weighted by molar-refractivity contribution is -0.215. The summed E-state index contributed by atoms with van der Waals surface area (Å²) >= 11 is 0. The topological polar surface area (TPSA) is 113 Å². The Morgan fingerprint density at radius 2 is 1.63 bits per heavy atom. The van der Waals surface area contributed by atoms with E-state index in [-0.39, 0.29) is 30.7 Å². The maximum Gasteiger partial charge on any atom is 0.419 e. The zero-order chi connectivity index (χ0) is 26.0. The lowest BCUT2D eigenvalue weighted by Gasteiger charge is -2.43. The third-order valence-corrected chi connectivity index (χ3v) is 6.76. The summed E-state index contributed by atoms with van der Waals surface area (Å²) in [7, 11) is 6.54. The third-order valence-electron chi connectivity index (χ3n) is 5.52. The number of esters is 2. The molecule has 1 aromatic rings. The number of urea groups is 1. The molecule has 2 unspecified atom stereocenters. The Kier molecular flexibility index (Phi) is 11.2. The van der Waals surface area contributed by atoms with E-state index in [9.17, 15) is 18.6 Å². The quantitative estimate of drug-likeness (QED) is 0.265. The molecule has 1 aliphatic heterocycles. The van der Waals surface area contributed by atoms with Crippen LogP contribution >= 0.6 is 0 Å². The van der Waals surface area contributed by atoms with E-state index in [2.05, 4.69) is 0 Å². The summed E-state index contributed by atoms with van der Waals surface area (Å²) in [5, 5.41) is 0. The summed E-state index contributed by atoms with van der Waals surface area (Å²) in [6, 6.07) is 3.10. The average molecular weight is 515 g/mol. The fraction of sp³-hybridized carbons (Fsp3) is 0.696. The van der Waals surface area contributed by atoms with Gasteiger partial charge in [0.25, 0.3) is 0 Å². The van der Waals surface area contributed by atoms with Crippen LogP contribution in [0.2, 0.25) is 0 Å². The van der Waals surface area contributed by atoms with Gasteiger partial charge in [-0.3, -0.25) is 9.11 Å². The van der Waals surface area contributed by atoms with E-state index in [4.69, 9.17) is 13.9 Å². The maximum absolute atomic E-state index is 13.8. The van der Waals surface area contributed by atoms with Gasteiger partial charge in [-0.05, 0) is 73.2 Å². The summed E-state index contributed by atoms with van der Waals surface area (Å²) in [5.41, 5.74) is -1.50. The number of nitrogens with zero attached hydrogens (tertiary/aromatic N) is 4. The Morgan fingerprint density at radius 1 is 1.00 bits per heavy atom. The van der Waals surface area contributed by atoms with Crippen molar-refractivity contribution in [3.8, 4) is 0 Å². The van der Waals surface area contributed by atoms with E-state index in [1.165, 1.54) is 18.1 Å². The lowest BCUT2D eigenvalue weighted by Crippen LogP contribution is -2.62. The third kappa shape index (κ3) is 9.26. The van der Waals surface area contributed by atoms with Gasteiger partial charge < -0.3 is 28.6 Å². The van der Waals surface area contributed by atoms with Crippen molar-refractivity contribution in [3.63, 3.8) is 0 Å². The van der Waals surface area contributed by atoms with Gasteiger partial charge in [-0.1, -0.05) is 0 Å². The van der Waals surface area contributed by atoms with Gasteiger partial charge in [-0.25, -0.2) is 14.4 Å². The van der Waals surface area contributed by atoms with Crippen molar-refractivity contribution in [1.82, 2.24) is 19.6 Å². The second-order valence-corrected chi connectivity index (χ2v) is 10.8. The van der Waals surface area contributed by atoms with Gasteiger partial charge in [0.2, 0.25) is 5.72 Å². The molecule has 0 aliphatic carbocycles. The molecule has 0 bridgehead atoms. The second-order valence-electron chi connectivity index (χ2n) is 9.24. The van der Waals surface area contributed by atoms with Crippen LogP contribution in [0.4, 0.5) is 4.79 Å². The summed E-state index contributed by atoms with van der Waals surface area (Å²) in [5.74, 6) is -1.32. The highest BCUT2D eigenvalue weighted by Gasteiger charge is 2.47. The Bertz CT molecular complexity index is 848. The van der Waals surface area contributed by atoms with Crippen molar-refractivity contribution in [2.45, 2.75) is 31.2 Å². The van der Waals surface area contributed by atoms with Gasteiger partial charge in [-0.2, -0.15) is 0 Å². The normalized spacial score (nSPS) is 18.9. The van der Waals surface area contributed by atoms with Gasteiger partial charge in [0.05, 0.1) is 12.0 Å². The molecule has 1 saturated heterocycles. The molecule has 2 amide bonds. The van der Waals surface area contributed by atoms with Crippen LogP contribution < -0.4 is 0 Å². The first-order valence-corrected chi connectivity index (χ1v) is 13.1. The van der Waals surface area contributed by atoms with Gasteiger partial charge >= 0.3 is 18.0 Å². The van der Waals surface area contributed by atoms with Crippen LogP contribution in [0.15, 0.2) is 22.8 Å². The number of cyclic esters (lactones) is 2. The van der Waals surface area contributed by atoms with Crippen LogP contribution in [0.1, 0.15) is 25.5 Å². The molecule has 1 fully saturated rings. The Balaban J connectivity index is 2.20. The number of hydrogen-bond donors (Lipinski definition) is 0. The maximum atomic E-state index is 13.8. The van der Waals surface area contributed by atoms with Gasteiger partial charge in [0.1, 0.15) is 5.76 Å². The molecule has 2 rings (SSSR count). The minimum Gasteiger partial charge on any atom is -0.468 e. The lowest BCUT2D eigenvalue weighted by atomic mass is 10.2. The van der Waals surface area contributed by atoms with Crippen molar-refractivity contribution in [2.24, 2.45) is 0 Å². The fourth-order valence-corrected chi connectivity index (χ4v) is 4.66. The van der Waals surface area contributed by atoms with E-state index in [1.54, 1.807) is 17.0 Å². The summed E-state index contributed by atoms with van der Waals surface area (Å²) in [6.07, 6.45) is 3.02. The highest BCUT2D eigenvalue weighted by atomic mass is 32.2. The molecular weight excluding hydrogens is 476 g/mol. The van der Waals surface area contributed by atoms with Crippen LogP contribution in [-0.2, 0) is 35.6 Å². The number of ether oxygens (including phenoxy) is 2. The molecule has 11 nitrogen and oxygen atoms in total. The molecule has 0 saturated carbocycles. The van der Waals surface area contributed by atoms with Crippen LogP contribution in [0.3, 0.4) is 0 Å². The van der Waals surface area contributed by atoms with Crippen molar-refractivity contribution in [1.29, 1.82) is 0 Å². The fourth-order valence-electron chi connectivity index (χ4n) is 3.64. The van der Waals surface area contributed by atoms with E-state index < -0.39 is 28.5 Å². The van der Waals surface area contributed by atoms with Crippen molar-refractivity contribution in [2.75, 3.05) is 73.3 Å². The van der Waals surface area contributed by atoms with Crippen LogP contribution in [-0.4, -0.2) is 121 Å². The highest BCUT2D eigenvalue weighted by Crippen LogP contribution is 2.24. The van der Waals surface area contributed by atoms with E-state index in [1.807, 2.05) is 38.0 Å². The monoisotopic (exact) mass is 514 g/mol. The number of furan rings is 1. The first-order valence-electron chi connectivity index (χ1n) is 11.7. The molecule has 198 valence electrons. The molecule has 0 N–H and O–H groups in total. The zero-order valence-electron chi connectivity index (χ0n) is 21.4. The van der Waals surface area contributed by atoms with Gasteiger partial charge in [0.15, 0.2) is 6.61 Å². The van der Waals surface area contributed by atoms with E-state index >= 15 is 0 Å². The Hall–Kier alpha value is -2.44. The molecule has 1 aliphatic rings. The van der Waals surface area contributed by atoms with Crippen LogP contribution in [0, 0.1) is 0 Å². The Labute approximate surface area is 209 Å². The van der Waals surface area contributed by atoms with Crippen LogP contribution in [0.25, 0.3) is 0 Å². The van der Waals surface area contributed by atoms with Crippen molar-refractivity contribution < 1.29 is 32.5 Å². The van der Waals surface area contributed by atoms with Crippen LogP contribution in [0.5, 0.6) is 0 Å². The number of carbonyl (C=O) groups excluding carboxylic acids is 3. The molecule has 2 heterocycles. The summed E-state index contributed by atoms with van der Waals surface area (Å²) < 4.78 is 28.3. The van der Waals surface area contributed by atoms with E-state index in [0.717, 1.165) is 25.9 Å². The van der Waals surface area contributed by atoms with Crippen molar-refractivity contribution in [3.05, 3.63) is 24.2 Å². The van der Waals surface area contributed by atoms with Gasteiger partial charge in [0, 0.05) is 36.2 Å². The summed E-state index contributed by atoms with van der Waals surface area (Å²) in [4.78, 5) is 44.6. The number of rotatable bonds is 14. The molecule has 12 heteroatoms. The molecule has 1 aromatic heterocycles. The number of hydrogen-bond acceptors (Lipinski definition) is 9. The van der Waals surface area contributed by atoms with Crippen molar-refractivity contribution >= 4 is 28.8 Å². The average Bonchev–Trinajstić information content (AvgIpc) is 3.28. The molecule has 35 heavy (non-hydrogen) atoms. The smallest absolute Gasteiger partial charge is 0.419 e. The molecule has 0 spiro atoms. The molecular formula is C23H38N4O7S. The van der Waals surface area contributed by atoms with Gasteiger partial charge in [-0.15, -0.1) is 0 Å². The Morgan fingerprint density at radius 3 is 2.14 bits per heavy atom. The first-order chi connectivity index (χ1) is 16.5.